The zero-order valence-corrected chi connectivity index (χ0v) is 18.9. The Bertz CT molecular complexity index is 1190. The summed E-state index contributed by atoms with van der Waals surface area (Å²) >= 11 is 1.30. The van der Waals surface area contributed by atoms with Crippen LogP contribution in [0, 0.1) is 0 Å². The van der Waals surface area contributed by atoms with Crippen molar-refractivity contribution in [2.24, 2.45) is 7.05 Å². The molecule has 0 radical (unpaired) electrons. The van der Waals surface area contributed by atoms with E-state index in [0.29, 0.717) is 33.6 Å². The van der Waals surface area contributed by atoms with Gasteiger partial charge in [-0.25, -0.2) is 0 Å². The molecule has 1 fully saturated rings. The van der Waals surface area contributed by atoms with Crippen molar-refractivity contribution in [3.8, 4) is 11.5 Å². The lowest BCUT2D eigenvalue weighted by atomic mass is 10.2. The molecule has 2 amide bonds. The van der Waals surface area contributed by atoms with Gasteiger partial charge in [-0.1, -0.05) is 11.8 Å². The third kappa shape index (κ3) is 4.65. The lowest BCUT2D eigenvalue weighted by molar-refractivity contribution is -0.113. The average Bonchev–Trinajstić information content (AvgIpc) is 3.52. The van der Waals surface area contributed by atoms with Crippen LogP contribution in [0.1, 0.15) is 36.0 Å². The van der Waals surface area contributed by atoms with Gasteiger partial charge in [0.25, 0.3) is 11.7 Å². The predicted molar refractivity (Wildman–Crippen MR) is 124 cm³/mol. The number of carbonyl (C=O) groups excluding carboxylic acids is 2. The molecule has 1 aromatic heterocycles. The standard InChI is InChI=1S/C23H23N5O4S/c1-28-14-24-27-22(28)33-13-20(29)25-16-6-4-15(5-7-16)21(30)26-17-8-9-18-19(12-17)32-23(31-18)10-2-3-11-23/h4-9,12,14H,2-3,10-11,13H2,1H3,(H,25,29)(H,26,30). The molecule has 5 rings (SSSR count). The number of nitrogens with zero attached hydrogens (tertiary/aromatic N) is 3. The maximum Gasteiger partial charge on any atom is 0.255 e. The summed E-state index contributed by atoms with van der Waals surface area (Å²) in [6, 6.07) is 12.2. The summed E-state index contributed by atoms with van der Waals surface area (Å²) in [5.41, 5.74) is 1.72. The predicted octanol–water partition coefficient (Wildman–Crippen LogP) is 3.84. The van der Waals surface area contributed by atoms with Crippen molar-refractivity contribution in [2.45, 2.75) is 36.6 Å². The van der Waals surface area contributed by atoms with Crippen LogP contribution < -0.4 is 20.1 Å². The summed E-state index contributed by atoms with van der Waals surface area (Å²) in [6.07, 6.45) is 5.53. The lowest BCUT2D eigenvalue weighted by Crippen LogP contribution is -2.34. The monoisotopic (exact) mass is 465 g/mol. The topological polar surface area (TPSA) is 107 Å². The van der Waals surface area contributed by atoms with Gasteiger partial charge < -0.3 is 24.7 Å². The zero-order chi connectivity index (χ0) is 22.8. The molecular weight excluding hydrogens is 442 g/mol. The van der Waals surface area contributed by atoms with E-state index >= 15 is 0 Å². The van der Waals surface area contributed by atoms with Gasteiger partial charge in [-0.05, 0) is 49.2 Å². The van der Waals surface area contributed by atoms with Crippen molar-refractivity contribution in [1.82, 2.24) is 14.8 Å². The van der Waals surface area contributed by atoms with Gasteiger partial charge in [-0.15, -0.1) is 10.2 Å². The number of hydrogen-bond acceptors (Lipinski definition) is 7. The molecule has 0 unspecified atom stereocenters. The van der Waals surface area contributed by atoms with Crippen molar-refractivity contribution >= 4 is 35.0 Å². The summed E-state index contributed by atoms with van der Waals surface area (Å²) < 4.78 is 13.8. The van der Waals surface area contributed by atoms with Crippen LogP contribution in [0.3, 0.4) is 0 Å². The van der Waals surface area contributed by atoms with Crippen LogP contribution in [-0.4, -0.2) is 38.1 Å². The van der Waals surface area contributed by atoms with Crippen LogP contribution in [-0.2, 0) is 11.8 Å². The Morgan fingerprint density at radius 2 is 1.76 bits per heavy atom. The summed E-state index contributed by atoms with van der Waals surface area (Å²) in [5.74, 6) is 0.637. The molecule has 1 aliphatic carbocycles. The number of fused-ring (bicyclic) bond motifs is 1. The minimum Gasteiger partial charge on any atom is -0.448 e. The number of ether oxygens (including phenoxy) is 2. The molecule has 33 heavy (non-hydrogen) atoms. The first-order valence-corrected chi connectivity index (χ1v) is 11.7. The highest BCUT2D eigenvalue weighted by atomic mass is 32.2. The molecule has 2 aliphatic rings. The Morgan fingerprint density at radius 3 is 2.48 bits per heavy atom. The average molecular weight is 466 g/mol. The molecular formula is C23H23N5O4S. The molecule has 2 aromatic carbocycles. The first kappa shape index (κ1) is 21.3. The highest BCUT2D eigenvalue weighted by Crippen LogP contribution is 2.47. The van der Waals surface area contributed by atoms with Crippen LogP contribution in [0.25, 0.3) is 0 Å². The number of carbonyl (C=O) groups is 2. The summed E-state index contributed by atoms with van der Waals surface area (Å²) in [4.78, 5) is 24.8. The Kier molecular flexibility index (Phi) is 5.67. The van der Waals surface area contributed by atoms with Crippen molar-refractivity contribution in [1.29, 1.82) is 0 Å². The van der Waals surface area contributed by atoms with Crippen molar-refractivity contribution in [3.05, 3.63) is 54.4 Å². The summed E-state index contributed by atoms with van der Waals surface area (Å²) in [5, 5.41) is 14.1. The fourth-order valence-corrected chi connectivity index (χ4v) is 4.62. The summed E-state index contributed by atoms with van der Waals surface area (Å²) in [6.45, 7) is 0. The van der Waals surface area contributed by atoms with E-state index in [9.17, 15) is 9.59 Å². The SMILES string of the molecule is Cn1cnnc1SCC(=O)Nc1ccc(C(=O)Nc2ccc3c(c2)OC2(CCCC2)O3)cc1. The van der Waals surface area contributed by atoms with E-state index in [1.54, 1.807) is 47.3 Å². The first-order valence-electron chi connectivity index (χ1n) is 10.7. The number of benzene rings is 2. The molecule has 2 heterocycles. The highest BCUT2D eigenvalue weighted by Gasteiger charge is 2.44. The van der Waals surface area contributed by atoms with E-state index in [1.807, 2.05) is 13.1 Å². The Balaban J connectivity index is 1.16. The Labute approximate surface area is 194 Å². The number of thioether (sulfide) groups is 1. The number of rotatable bonds is 6. The quantitative estimate of drug-likeness (QED) is 0.533. The van der Waals surface area contributed by atoms with Gasteiger partial charge in [0.05, 0.1) is 5.75 Å². The smallest absolute Gasteiger partial charge is 0.255 e. The third-order valence-electron chi connectivity index (χ3n) is 5.59. The van der Waals surface area contributed by atoms with Crippen LogP contribution >= 0.6 is 11.8 Å². The molecule has 1 aliphatic heterocycles. The minimum absolute atomic E-state index is 0.166. The number of hydrogen-bond donors (Lipinski definition) is 2. The molecule has 170 valence electrons. The second-order valence-electron chi connectivity index (χ2n) is 8.08. The van der Waals surface area contributed by atoms with Crippen LogP contribution in [0.15, 0.2) is 53.9 Å². The van der Waals surface area contributed by atoms with E-state index in [-0.39, 0.29) is 17.6 Å². The van der Waals surface area contributed by atoms with E-state index in [4.69, 9.17) is 9.47 Å². The minimum atomic E-state index is -0.530. The number of aromatic nitrogens is 3. The third-order valence-corrected chi connectivity index (χ3v) is 6.63. The fourth-order valence-electron chi connectivity index (χ4n) is 3.93. The molecule has 9 nitrogen and oxygen atoms in total. The molecule has 10 heteroatoms. The lowest BCUT2D eigenvalue weighted by Gasteiger charge is -2.21. The largest absolute Gasteiger partial charge is 0.448 e. The molecule has 2 N–H and O–H groups in total. The Hall–Kier alpha value is -3.53. The molecule has 1 saturated carbocycles. The highest BCUT2D eigenvalue weighted by molar-refractivity contribution is 7.99. The molecule has 0 atom stereocenters. The van der Waals surface area contributed by atoms with Gasteiger partial charge in [0.2, 0.25) is 5.91 Å². The molecule has 0 bridgehead atoms. The number of amides is 2. The first-order chi connectivity index (χ1) is 16.0. The van der Waals surface area contributed by atoms with E-state index in [2.05, 4.69) is 20.8 Å². The van der Waals surface area contributed by atoms with E-state index in [1.165, 1.54) is 11.8 Å². The van der Waals surface area contributed by atoms with Gasteiger partial charge >= 0.3 is 0 Å². The van der Waals surface area contributed by atoms with Crippen molar-refractivity contribution in [3.63, 3.8) is 0 Å². The van der Waals surface area contributed by atoms with Gasteiger partial charge in [-0.3, -0.25) is 9.59 Å². The number of aryl methyl sites for hydroxylation is 1. The second-order valence-corrected chi connectivity index (χ2v) is 9.02. The Morgan fingerprint density at radius 1 is 1.03 bits per heavy atom. The van der Waals surface area contributed by atoms with Crippen molar-refractivity contribution in [2.75, 3.05) is 16.4 Å². The normalized spacial score (nSPS) is 15.5. The number of nitrogens with one attached hydrogen (secondary N) is 2. The maximum atomic E-state index is 12.7. The van der Waals surface area contributed by atoms with Crippen LogP contribution in [0.2, 0.25) is 0 Å². The summed E-state index contributed by atoms with van der Waals surface area (Å²) in [7, 11) is 1.82. The molecule has 3 aromatic rings. The van der Waals surface area contributed by atoms with Gasteiger partial charge in [-0.2, -0.15) is 0 Å². The van der Waals surface area contributed by atoms with Crippen LogP contribution in [0.5, 0.6) is 11.5 Å². The van der Waals surface area contributed by atoms with Gasteiger partial charge in [0, 0.05) is 42.9 Å². The van der Waals surface area contributed by atoms with Crippen LogP contribution in [0.4, 0.5) is 11.4 Å². The fraction of sp³-hybridized carbons (Fsp3) is 0.304. The number of anilines is 2. The zero-order valence-electron chi connectivity index (χ0n) is 18.0. The maximum absolute atomic E-state index is 12.7. The molecule has 0 saturated heterocycles. The molecule has 1 spiro atoms. The van der Waals surface area contributed by atoms with Gasteiger partial charge in [0.1, 0.15) is 6.33 Å². The van der Waals surface area contributed by atoms with Gasteiger partial charge in [0.15, 0.2) is 16.7 Å². The van der Waals surface area contributed by atoms with Crippen molar-refractivity contribution < 1.29 is 19.1 Å². The second kappa shape index (κ2) is 8.78. The van der Waals surface area contributed by atoms with E-state index < -0.39 is 5.79 Å². The van der Waals surface area contributed by atoms with E-state index in [0.717, 1.165) is 25.7 Å².